The minimum atomic E-state index is 0.536. The zero-order chi connectivity index (χ0) is 13.9. The van der Waals surface area contributed by atoms with Crippen molar-refractivity contribution in [1.82, 2.24) is 10.3 Å². The van der Waals surface area contributed by atoms with Crippen molar-refractivity contribution in [3.05, 3.63) is 30.1 Å². The van der Waals surface area contributed by atoms with Gasteiger partial charge in [-0.15, -0.1) is 0 Å². The number of fused-ring (bicyclic) bond motifs is 2. The average molecular weight is 272 g/mol. The molecule has 0 saturated carbocycles. The number of pyridine rings is 1. The smallest absolute Gasteiger partial charge is 0.138 e. The van der Waals surface area contributed by atoms with E-state index in [4.69, 9.17) is 4.74 Å². The van der Waals surface area contributed by atoms with Gasteiger partial charge in [0.05, 0.1) is 12.8 Å². The molecule has 2 bridgehead atoms. The van der Waals surface area contributed by atoms with Crippen LogP contribution in [0.3, 0.4) is 0 Å². The van der Waals surface area contributed by atoms with Crippen molar-refractivity contribution in [2.45, 2.75) is 45.2 Å². The van der Waals surface area contributed by atoms with Crippen molar-refractivity contribution in [2.75, 3.05) is 6.61 Å². The van der Waals surface area contributed by atoms with Crippen molar-refractivity contribution in [2.24, 2.45) is 11.8 Å². The molecule has 2 aliphatic heterocycles. The number of hydrogen-bond acceptors (Lipinski definition) is 3. The van der Waals surface area contributed by atoms with Crippen LogP contribution in [0.1, 0.15) is 38.7 Å². The van der Waals surface area contributed by atoms with Gasteiger partial charge in [0.1, 0.15) is 5.75 Å². The molecule has 3 unspecified atom stereocenters. The molecule has 3 heterocycles. The molecule has 0 aromatic carbocycles. The highest BCUT2D eigenvalue weighted by Gasteiger charge is 2.37. The average Bonchev–Trinajstić information content (AvgIpc) is 3.06. The highest BCUT2D eigenvalue weighted by Crippen LogP contribution is 2.34. The summed E-state index contributed by atoms with van der Waals surface area (Å²) in [6, 6.07) is 3.53. The lowest BCUT2D eigenvalue weighted by molar-refractivity contribution is 0.270. The van der Waals surface area contributed by atoms with Gasteiger partial charge in [-0.2, -0.15) is 0 Å². The summed E-state index contributed by atoms with van der Waals surface area (Å²) >= 11 is 0. The normalized spacial score (nSPS) is 28.6. The number of aromatic nitrogens is 1. The molecule has 3 rings (SSSR count). The Hall–Kier alpha value is -1.35. The van der Waals surface area contributed by atoms with Crippen LogP contribution in [0.4, 0.5) is 0 Å². The second-order valence-electron chi connectivity index (χ2n) is 6.46. The van der Waals surface area contributed by atoms with Gasteiger partial charge in [0.25, 0.3) is 0 Å². The van der Waals surface area contributed by atoms with Gasteiger partial charge in [-0.1, -0.05) is 26.0 Å². The predicted octanol–water partition coefficient (Wildman–Crippen LogP) is 3.27. The monoisotopic (exact) mass is 272 g/mol. The summed E-state index contributed by atoms with van der Waals surface area (Å²) in [5.74, 6) is 2.09. The molecule has 0 aliphatic carbocycles. The van der Waals surface area contributed by atoms with E-state index in [1.807, 2.05) is 6.20 Å². The number of rotatable bonds is 5. The molecule has 0 amide bonds. The van der Waals surface area contributed by atoms with Crippen molar-refractivity contribution < 1.29 is 4.74 Å². The second kappa shape index (κ2) is 5.96. The third-order valence-electron chi connectivity index (χ3n) is 4.20. The lowest BCUT2D eigenvalue weighted by Crippen LogP contribution is -2.21. The van der Waals surface area contributed by atoms with Crippen molar-refractivity contribution >= 4 is 6.08 Å². The maximum absolute atomic E-state index is 5.72. The van der Waals surface area contributed by atoms with E-state index >= 15 is 0 Å². The number of nitrogens with zero attached hydrogens (tertiary/aromatic N) is 1. The Labute approximate surface area is 121 Å². The van der Waals surface area contributed by atoms with Crippen LogP contribution in [0, 0.1) is 11.8 Å². The molecule has 3 nitrogen and oxygen atoms in total. The van der Waals surface area contributed by atoms with Gasteiger partial charge in [-0.05, 0) is 42.7 Å². The molecule has 2 aliphatic rings. The topological polar surface area (TPSA) is 34.1 Å². The predicted molar refractivity (Wildman–Crippen MR) is 81.7 cm³/mol. The van der Waals surface area contributed by atoms with Gasteiger partial charge in [0.2, 0.25) is 0 Å². The third kappa shape index (κ3) is 3.21. The summed E-state index contributed by atoms with van der Waals surface area (Å²) in [6.07, 6.45) is 12.2. The summed E-state index contributed by atoms with van der Waals surface area (Å²) in [5.41, 5.74) is 1.13. The summed E-state index contributed by atoms with van der Waals surface area (Å²) in [6.45, 7) is 5.05. The van der Waals surface area contributed by atoms with Crippen LogP contribution < -0.4 is 10.1 Å². The molecule has 108 valence electrons. The molecule has 0 spiro atoms. The van der Waals surface area contributed by atoms with Crippen molar-refractivity contribution in [3.63, 3.8) is 0 Å². The van der Waals surface area contributed by atoms with E-state index < -0.39 is 0 Å². The van der Waals surface area contributed by atoms with Gasteiger partial charge in [-0.25, -0.2) is 0 Å². The number of nitrogens with one attached hydrogen (secondary N) is 1. The fourth-order valence-corrected chi connectivity index (χ4v) is 3.18. The zero-order valence-electron chi connectivity index (χ0n) is 12.4. The van der Waals surface area contributed by atoms with Crippen molar-refractivity contribution in [1.29, 1.82) is 0 Å². The Morgan fingerprint density at radius 3 is 3.00 bits per heavy atom. The molecule has 1 aromatic heterocycles. The maximum Gasteiger partial charge on any atom is 0.138 e. The lowest BCUT2D eigenvalue weighted by atomic mass is 9.89. The van der Waals surface area contributed by atoms with Gasteiger partial charge in [0.15, 0.2) is 0 Å². The minimum absolute atomic E-state index is 0.536. The standard InChI is InChI=1S/C17H24N2O/c1-12(2)11-20-16-7-13(9-18-10-16)3-4-14-8-15-5-6-17(14)19-15/h3-4,7,9-10,12,14-15,17,19H,5-6,8,11H2,1-2H3/b4-3+. The van der Waals surface area contributed by atoms with E-state index in [1.54, 1.807) is 6.20 Å². The molecule has 3 heteroatoms. The highest BCUT2D eigenvalue weighted by atomic mass is 16.5. The molecule has 0 radical (unpaired) electrons. The zero-order valence-corrected chi connectivity index (χ0v) is 12.4. The van der Waals surface area contributed by atoms with Crippen LogP contribution in [-0.2, 0) is 0 Å². The van der Waals surface area contributed by atoms with Gasteiger partial charge in [0, 0.05) is 18.3 Å². The van der Waals surface area contributed by atoms with Crippen LogP contribution in [0.5, 0.6) is 5.75 Å². The summed E-state index contributed by atoms with van der Waals surface area (Å²) in [5, 5.41) is 3.67. The van der Waals surface area contributed by atoms with Crippen LogP contribution in [0.2, 0.25) is 0 Å². The highest BCUT2D eigenvalue weighted by molar-refractivity contribution is 5.50. The maximum atomic E-state index is 5.72. The van der Waals surface area contributed by atoms with E-state index in [0.717, 1.165) is 24.0 Å². The quantitative estimate of drug-likeness (QED) is 0.893. The number of ether oxygens (including phenoxy) is 1. The first-order valence-corrected chi connectivity index (χ1v) is 7.73. The molecule has 1 N–H and O–H groups in total. The Balaban J connectivity index is 1.61. The Bertz CT molecular complexity index is 484. The van der Waals surface area contributed by atoms with E-state index in [2.05, 4.69) is 42.4 Å². The van der Waals surface area contributed by atoms with E-state index in [9.17, 15) is 0 Å². The first-order chi connectivity index (χ1) is 9.70. The van der Waals surface area contributed by atoms with Gasteiger partial charge in [-0.3, -0.25) is 4.98 Å². The van der Waals surface area contributed by atoms with Crippen LogP contribution in [0.25, 0.3) is 6.08 Å². The van der Waals surface area contributed by atoms with Gasteiger partial charge < -0.3 is 10.1 Å². The first-order valence-electron chi connectivity index (χ1n) is 7.73. The second-order valence-corrected chi connectivity index (χ2v) is 6.46. The van der Waals surface area contributed by atoms with E-state index in [1.165, 1.54) is 19.3 Å². The molecule has 3 atom stereocenters. The lowest BCUT2D eigenvalue weighted by Gasteiger charge is -2.15. The van der Waals surface area contributed by atoms with Crippen LogP contribution in [-0.4, -0.2) is 23.7 Å². The summed E-state index contributed by atoms with van der Waals surface area (Å²) in [7, 11) is 0. The fraction of sp³-hybridized carbons (Fsp3) is 0.588. The van der Waals surface area contributed by atoms with E-state index in [-0.39, 0.29) is 0 Å². The Morgan fingerprint density at radius 2 is 2.30 bits per heavy atom. The molecule has 2 saturated heterocycles. The Kier molecular flexibility index (Phi) is 4.06. The van der Waals surface area contributed by atoms with Gasteiger partial charge >= 0.3 is 0 Å². The minimum Gasteiger partial charge on any atom is -0.492 e. The molecule has 1 aromatic rings. The van der Waals surface area contributed by atoms with Crippen LogP contribution >= 0.6 is 0 Å². The number of hydrogen-bond donors (Lipinski definition) is 1. The van der Waals surface area contributed by atoms with E-state index in [0.29, 0.717) is 17.9 Å². The molecular formula is C17H24N2O. The summed E-state index contributed by atoms with van der Waals surface area (Å²) < 4.78 is 5.72. The first kappa shape index (κ1) is 13.6. The van der Waals surface area contributed by atoms with Crippen molar-refractivity contribution in [3.8, 4) is 5.75 Å². The largest absolute Gasteiger partial charge is 0.492 e. The SMILES string of the molecule is CC(C)COc1cncc(/C=C/C2CC3CCC2N3)c1. The molecular weight excluding hydrogens is 248 g/mol. The van der Waals surface area contributed by atoms with Crippen LogP contribution in [0.15, 0.2) is 24.5 Å². The Morgan fingerprint density at radius 1 is 1.40 bits per heavy atom. The third-order valence-corrected chi connectivity index (χ3v) is 4.20. The fourth-order valence-electron chi connectivity index (χ4n) is 3.18. The molecule has 2 fully saturated rings. The molecule has 20 heavy (non-hydrogen) atoms. The summed E-state index contributed by atoms with van der Waals surface area (Å²) in [4.78, 5) is 4.26.